The van der Waals surface area contributed by atoms with E-state index in [1.54, 1.807) is 11.5 Å². The molecule has 0 unspecified atom stereocenters. The van der Waals surface area contributed by atoms with Gasteiger partial charge in [-0.25, -0.2) is 15.0 Å². The van der Waals surface area contributed by atoms with Crippen molar-refractivity contribution in [3.8, 4) is 5.69 Å². The lowest BCUT2D eigenvalue weighted by atomic mass is 9.98. The third kappa shape index (κ3) is 1.57. The van der Waals surface area contributed by atoms with Gasteiger partial charge in [0.15, 0.2) is 0 Å². The van der Waals surface area contributed by atoms with Crippen molar-refractivity contribution in [2.75, 3.05) is 0 Å². The fourth-order valence-electron chi connectivity index (χ4n) is 2.69. The molecular formula is C16H10N4O2. The van der Waals surface area contributed by atoms with E-state index >= 15 is 0 Å². The Bertz CT molecular complexity index is 929. The van der Waals surface area contributed by atoms with E-state index < -0.39 is 0 Å². The molecule has 1 aliphatic carbocycles. The number of hydrogen-bond donors (Lipinski definition) is 0. The third-order valence-electron chi connectivity index (χ3n) is 3.62. The first kappa shape index (κ1) is 12.6. The molecule has 2 aromatic heterocycles. The van der Waals surface area contributed by atoms with Gasteiger partial charge in [0.05, 0.1) is 0 Å². The van der Waals surface area contributed by atoms with Crippen LogP contribution in [-0.4, -0.2) is 31.1 Å². The highest BCUT2D eigenvalue weighted by atomic mass is 16.1. The van der Waals surface area contributed by atoms with Crippen molar-refractivity contribution in [1.82, 2.24) is 19.5 Å². The van der Waals surface area contributed by atoms with Crippen molar-refractivity contribution in [2.24, 2.45) is 0 Å². The molecule has 0 saturated carbocycles. The molecular weight excluding hydrogens is 280 g/mol. The Hall–Kier alpha value is -3.15. The second-order valence-corrected chi connectivity index (χ2v) is 4.94. The SMILES string of the molecule is Cc1nc2c(n1-c1ccccc1)C(=O)c1nccnc1C2=O. The summed E-state index contributed by atoms with van der Waals surface area (Å²) in [5.41, 5.74) is 1.32. The van der Waals surface area contributed by atoms with Crippen LogP contribution in [0.1, 0.15) is 38.2 Å². The van der Waals surface area contributed by atoms with Crippen LogP contribution in [0.5, 0.6) is 0 Å². The predicted octanol–water partition coefficient (Wildman–Crippen LogP) is 1.75. The van der Waals surface area contributed by atoms with Crippen molar-refractivity contribution in [1.29, 1.82) is 0 Å². The highest BCUT2D eigenvalue weighted by Gasteiger charge is 2.37. The van der Waals surface area contributed by atoms with E-state index in [2.05, 4.69) is 15.0 Å². The molecule has 0 fully saturated rings. The van der Waals surface area contributed by atoms with Crippen LogP contribution in [0.25, 0.3) is 5.69 Å². The van der Waals surface area contributed by atoms with Gasteiger partial charge in [-0.3, -0.25) is 14.2 Å². The molecule has 0 atom stereocenters. The van der Waals surface area contributed by atoms with Crippen LogP contribution in [-0.2, 0) is 0 Å². The first-order valence-corrected chi connectivity index (χ1v) is 6.73. The fraction of sp³-hybridized carbons (Fsp3) is 0.0625. The van der Waals surface area contributed by atoms with Crippen molar-refractivity contribution in [3.05, 3.63) is 71.3 Å². The van der Waals surface area contributed by atoms with Crippen LogP contribution in [0, 0.1) is 6.92 Å². The van der Waals surface area contributed by atoms with Crippen LogP contribution in [0.15, 0.2) is 42.7 Å². The van der Waals surface area contributed by atoms with Gasteiger partial charge in [-0.1, -0.05) is 18.2 Å². The number of para-hydroxylation sites is 1. The lowest BCUT2D eigenvalue weighted by Gasteiger charge is -2.14. The minimum Gasteiger partial charge on any atom is -0.293 e. The summed E-state index contributed by atoms with van der Waals surface area (Å²) in [4.78, 5) is 37.5. The monoisotopic (exact) mass is 290 g/mol. The van der Waals surface area contributed by atoms with Gasteiger partial charge >= 0.3 is 0 Å². The molecule has 0 spiro atoms. The Morgan fingerprint density at radius 3 is 2.18 bits per heavy atom. The quantitative estimate of drug-likeness (QED) is 0.533. The molecule has 0 N–H and O–H groups in total. The summed E-state index contributed by atoms with van der Waals surface area (Å²) >= 11 is 0. The maximum atomic E-state index is 12.7. The molecule has 106 valence electrons. The summed E-state index contributed by atoms with van der Waals surface area (Å²) in [6.45, 7) is 1.76. The zero-order chi connectivity index (χ0) is 15.3. The average molecular weight is 290 g/mol. The predicted molar refractivity (Wildman–Crippen MR) is 77.2 cm³/mol. The minimum atomic E-state index is -0.365. The number of ketones is 2. The largest absolute Gasteiger partial charge is 0.293 e. The van der Waals surface area contributed by atoms with Gasteiger partial charge in [0.2, 0.25) is 11.6 Å². The molecule has 4 rings (SSSR count). The number of imidazole rings is 1. The van der Waals surface area contributed by atoms with Gasteiger partial charge in [0.25, 0.3) is 0 Å². The zero-order valence-electron chi connectivity index (χ0n) is 11.6. The molecule has 0 aliphatic heterocycles. The van der Waals surface area contributed by atoms with Crippen LogP contribution < -0.4 is 0 Å². The molecule has 0 bridgehead atoms. The van der Waals surface area contributed by atoms with E-state index in [0.717, 1.165) is 5.69 Å². The Morgan fingerprint density at radius 2 is 1.50 bits per heavy atom. The number of rotatable bonds is 1. The second kappa shape index (κ2) is 4.42. The number of carbonyl (C=O) groups is 2. The molecule has 0 radical (unpaired) electrons. The topological polar surface area (TPSA) is 77.7 Å². The highest BCUT2D eigenvalue weighted by Crippen LogP contribution is 2.27. The van der Waals surface area contributed by atoms with Gasteiger partial charge in [-0.05, 0) is 19.1 Å². The van der Waals surface area contributed by atoms with Crippen molar-refractivity contribution in [3.63, 3.8) is 0 Å². The van der Waals surface area contributed by atoms with Crippen LogP contribution in [0.3, 0.4) is 0 Å². The van der Waals surface area contributed by atoms with E-state index in [-0.39, 0.29) is 34.3 Å². The Balaban J connectivity index is 2.03. The molecule has 0 amide bonds. The number of carbonyl (C=O) groups excluding carboxylic acids is 2. The third-order valence-corrected chi connectivity index (χ3v) is 3.62. The van der Waals surface area contributed by atoms with E-state index in [1.807, 2.05) is 30.3 Å². The zero-order valence-corrected chi connectivity index (χ0v) is 11.6. The first-order valence-electron chi connectivity index (χ1n) is 6.73. The second-order valence-electron chi connectivity index (χ2n) is 4.94. The summed E-state index contributed by atoms with van der Waals surface area (Å²) in [5, 5.41) is 0. The van der Waals surface area contributed by atoms with E-state index in [0.29, 0.717) is 5.82 Å². The van der Waals surface area contributed by atoms with E-state index in [1.165, 1.54) is 12.4 Å². The van der Waals surface area contributed by atoms with Gasteiger partial charge in [0.1, 0.15) is 28.6 Å². The number of aromatic nitrogens is 4. The molecule has 1 aliphatic rings. The van der Waals surface area contributed by atoms with Gasteiger partial charge < -0.3 is 0 Å². The van der Waals surface area contributed by atoms with Gasteiger partial charge in [0, 0.05) is 18.1 Å². The summed E-state index contributed by atoms with van der Waals surface area (Å²) in [6, 6.07) is 9.34. The first-order chi connectivity index (χ1) is 10.7. The van der Waals surface area contributed by atoms with Crippen molar-refractivity contribution >= 4 is 11.6 Å². The summed E-state index contributed by atoms with van der Waals surface area (Å²) in [7, 11) is 0. The van der Waals surface area contributed by atoms with Crippen molar-refractivity contribution in [2.45, 2.75) is 6.92 Å². The van der Waals surface area contributed by atoms with Crippen LogP contribution in [0.2, 0.25) is 0 Å². The number of benzene rings is 1. The summed E-state index contributed by atoms with van der Waals surface area (Å²) in [5.74, 6) is -0.122. The molecule has 2 heterocycles. The molecule has 6 heteroatoms. The number of fused-ring (bicyclic) bond motifs is 2. The summed E-state index contributed by atoms with van der Waals surface area (Å²) in [6.07, 6.45) is 2.81. The molecule has 3 aromatic rings. The highest BCUT2D eigenvalue weighted by molar-refractivity contribution is 6.25. The minimum absolute atomic E-state index is 0.0673. The molecule has 6 nitrogen and oxygen atoms in total. The lowest BCUT2D eigenvalue weighted by molar-refractivity contribution is 0.0965. The maximum Gasteiger partial charge on any atom is 0.234 e. The number of aryl methyl sites for hydroxylation is 1. The van der Waals surface area contributed by atoms with Crippen LogP contribution in [0.4, 0.5) is 0 Å². The molecule has 22 heavy (non-hydrogen) atoms. The summed E-state index contributed by atoms with van der Waals surface area (Å²) < 4.78 is 1.69. The van der Waals surface area contributed by atoms with E-state index in [4.69, 9.17) is 0 Å². The molecule has 1 aromatic carbocycles. The van der Waals surface area contributed by atoms with Gasteiger partial charge in [-0.2, -0.15) is 0 Å². The lowest BCUT2D eigenvalue weighted by Crippen LogP contribution is -2.25. The van der Waals surface area contributed by atoms with E-state index in [9.17, 15) is 9.59 Å². The standard InChI is InChI=1S/C16H10N4O2/c1-9-19-13-14(20(9)10-5-3-2-4-6-10)16(22)12-11(15(13)21)17-7-8-18-12/h2-8H,1H3. The van der Waals surface area contributed by atoms with Gasteiger partial charge in [-0.15, -0.1) is 0 Å². The maximum absolute atomic E-state index is 12.7. The average Bonchev–Trinajstić information content (AvgIpc) is 2.91. The number of nitrogens with zero attached hydrogens (tertiary/aromatic N) is 4. The Kier molecular flexibility index (Phi) is 2.53. The number of hydrogen-bond acceptors (Lipinski definition) is 5. The molecule has 0 saturated heterocycles. The fourth-order valence-corrected chi connectivity index (χ4v) is 2.69. The Labute approximate surface area is 125 Å². The Morgan fingerprint density at radius 1 is 0.864 bits per heavy atom. The van der Waals surface area contributed by atoms with Crippen molar-refractivity contribution < 1.29 is 9.59 Å². The van der Waals surface area contributed by atoms with Crippen LogP contribution >= 0.6 is 0 Å². The smallest absolute Gasteiger partial charge is 0.234 e. The normalized spacial score (nSPS) is 13.0.